The summed E-state index contributed by atoms with van der Waals surface area (Å²) in [6.07, 6.45) is 6.84. The van der Waals surface area contributed by atoms with Crippen LogP contribution in [0, 0.1) is 19.3 Å². The fraction of sp³-hybridized carbons (Fsp3) is 0.333. The Labute approximate surface area is 53.7 Å². The molecule has 1 aromatic heterocycles. The second-order valence-electron chi connectivity index (χ2n) is 1.76. The van der Waals surface area contributed by atoms with Crippen molar-refractivity contribution in [3.8, 4) is 12.3 Å². The summed E-state index contributed by atoms with van der Waals surface area (Å²) < 4.78 is 1.62. The molecule has 0 fully saturated rings. The van der Waals surface area contributed by atoms with Crippen LogP contribution in [0.25, 0.3) is 0 Å². The molecule has 3 heteroatoms. The molecule has 0 aliphatic heterocycles. The van der Waals surface area contributed by atoms with E-state index in [4.69, 9.17) is 6.42 Å². The zero-order valence-electron chi connectivity index (χ0n) is 5.20. The van der Waals surface area contributed by atoms with E-state index in [1.165, 1.54) is 0 Å². The highest BCUT2D eigenvalue weighted by molar-refractivity contribution is 4.91. The SMILES string of the molecule is C#CCn1cc(C)nn1. The molecule has 1 aromatic rings. The number of terminal acetylenes is 1. The van der Waals surface area contributed by atoms with E-state index in [-0.39, 0.29) is 0 Å². The van der Waals surface area contributed by atoms with Crippen LogP contribution in [0.4, 0.5) is 0 Å². The lowest BCUT2D eigenvalue weighted by molar-refractivity contribution is 0.672. The first-order valence-corrected chi connectivity index (χ1v) is 2.63. The average Bonchev–Trinajstić information content (AvgIpc) is 2.17. The molecule has 9 heavy (non-hydrogen) atoms. The number of aromatic nitrogens is 3. The van der Waals surface area contributed by atoms with Crippen molar-refractivity contribution in [1.29, 1.82) is 0 Å². The van der Waals surface area contributed by atoms with E-state index in [0.717, 1.165) is 5.69 Å². The quantitative estimate of drug-likeness (QED) is 0.497. The zero-order valence-corrected chi connectivity index (χ0v) is 5.20. The Hall–Kier alpha value is -1.30. The Morgan fingerprint density at radius 1 is 1.89 bits per heavy atom. The Bertz CT molecular complexity index is 231. The molecule has 0 saturated heterocycles. The Morgan fingerprint density at radius 2 is 2.67 bits per heavy atom. The Morgan fingerprint density at radius 3 is 3.11 bits per heavy atom. The summed E-state index contributed by atoms with van der Waals surface area (Å²) in [7, 11) is 0. The van der Waals surface area contributed by atoms with E-state index in [0.29, 0.717) is 6.54 Å². The largest absolute Gasteiger partial charge is 0.240 e. The van der Waals surface area contributed by atoms with Gasteiger partial charge in [0.25, 0.3) is 0 Å². The molecule has 0 N–H and O–H groups in total. The van der Waals surface area contributed by atoms with Crippen LogP contribution in [-0.2, 0) is 6.54 Å². The second kappa shape index (κ2) is 2.31. The van der Waals surface area contributed by atoms with Crippen molar-refractivity contribution in [1.82, 2.24) is 15.0 Å². The number of hydrogen-bond acceptors (Lipinski definition) is 2. The highest BCUT2D eigenvalue weighted by atomic mass is 15.4. The van der Waals surface area contributed by atoms with Gasteiger partial charge in [-0.2, -0.15) is 0 Å². The number of rotatable bonds is 1. The van der Waals surface area contributed by atoms with Crippen molar-refractivity contribution in [2.45, 2.75) is 13.5 Å². The summed E-state index contributed by atoms with van der Waals surface area (Å²) >= 11 is 0. The minimum atomic E-state index is 0.501. The third-order valence-corrected chi connectivity index (χ3v) is 0.906. The van der Waals surface area contributed by atoms with E-state index in [9.17, 15) is 0 Å². The molecule has 0 aliphatic carbocycles. The molecule has 0 radical (unpaired) electrons. The Kier molecular flexibility index (Phi) is 1.50. The molecular formula is C6H7N3. The van der Waals surface area contributed by atoms with Gasteiger partial charge in [-0.3, -0.25) is 0 Å². The van der Waals surface area contributed by atoms with Crippen LogP contribution in [0.5, 0.6) is 0 Å². The average molecular weight is 121 g/mol. The van der Waals surface area contributed by atoms with Gasteiger partial charge in [-0.05, 0) is 6.92 Å². The van der Waals surface area contributed by atoms with Gasteiger partial charge in [0, 0.05) is 6.20 Å². The first kappa shape index (κ1) is 5.83. The van der Waals surface area contributed by atoms with E-state index in [1.54, 1.807) is 10.9 Å². The molecule has 1 rings (SSSR count). The van der Waals surface area contributed by atoms with Crippen LogP contribution in [0.1, 0.15) is 5.69 Å². The predicted octanol–water partition coefficient (Wildman–Crippen LogP) is 0.220. The highest BCUT2D eigenvalue weighted by Gasteiger charge is 1.89. The van der Waals surface area contributed by atoms with Gasteiger partial charge < -0.3 is 0 Å². The molecule has 0 aromatic carbocycles. The van der Waals surface area contributed by atoms with Crippen molar-refractivity contribution in [2.24, 2.45) is 0 Å². The molecular weight excluding hydrogens is 114 g/mol. The third-order valence-electron chi connectivity index (χ3n) is 0.906. The first-order valence-electron chi connectivity index (χ1n) is 2.63. The van der Waals surface area contributed by atoms with Gasteiger partial charge in [0.2, 0.25) is 0 Å². The molecule has 3 nitrogen and oxygen atoms in total. The highest BCUT2D eigenvalue weighted by Crippen LogP contribution is 1.86. The van der Waals surface area contributed by atoms with Crippen LogP contribution in [-0.4, -0.2) is 15.0 Å². The van der Waals surface area contributed by atoms with E-state index in [2.05, 4.69) is 16.2 Å². The number of aryl methyl sites for hydroxylation is 1. The lowest BCUT2D eigenvalue weighted by Gasteiger charge is -1.85. The lowest BCUT2D eigenvalue weighted by atomic mass is 10.5. The smallest absolute Gasteiger partial charge is 0.103 e. The van der Waals surface area contributed by atoms with Crippen molar-refractivity contribution in [2.75, 3.05) is 0 Å². The maximum absolute atomic E-state index is 5.03. The normalized spacial score (nSPS) is 8.89. The van der Waals surface area contributed by atoms with Gasteiger partial charge in [0.05, 0.1) is 5.69 Å². The molecule has 0 atom stereocenters. The third kappa shape index (κ3) is 1.29. The minimum absolute atomic E-state index is 0.501. The lowest BCUT2D eigenvalue weighted by Crippen LogP contribution is -1.94. The molecule has 0 bridgehead atoms. The van der Waals surface area contributed by atoms with Gasteiger partial charge in [-0.1, -0.05) is 11.1 Å². The van der Waals surface area contributed by atoms with Crippen LogP contribution >= 0.6 is 0 Å². The molecule has 0 aliphatic rings. The van der Waals surface area contributed by atoms with Gasteiger partial charge >= 0.3 is 0 Å². The van der Waals surface area contributed by atoms with Gasteiger partial charge in [-0.25, -0.2) is 4.68 Å². The summed E-state index contributed by atoms with van der Waals surface area (Å²) in [5.41, 5.74) is 0.894. The summed E-state index contributed by atoms with van der Waals surface area (Å²) in [5, 5.41) is 7.48. The summed E-state index contributed by atoms with van der Waals surface area (Å²) in [4.78, 5) is 0. The van der Waals surface area contributed by atoms with E-state index in [1.807, 2.05) is 6.92 Å². The van der Waals surface area contributed by atoms with Crippen molar-refractivity contribution >= 4 is 0 Å². The van der Waals surface area contributed by atoms with Gasteiger partial charge in [0.15, 0.2) is 0 Å². The van der Waals surface area contributed by atoms with E-state index < -0.39 is 0 Å². The topological polar surface area (TPSA) is 30.7 Å². The first-order chi connectivity index (χ1) is 4.33. The summed E-state index contributed by atoms with van der Waals surface area (Å²) in [5.74, 6) is 2.46. The van der Waals surface area contributed by atoms with E-state index >= 15 is 0 Å². The van der Waals surface area contributed by atoms with Crippen molar-refractivity contribution in [3.05, 3.63) is 11.9 Å². The fourth-order valence-electron chi connectivity index (χ4n) is 0.566. The molecule has 0 amide bonds. The molecule has 1 heterocycles. The van der Waals surface area contributed by atoms with Crippen LogP contribution in [0.3, 0.4) is 0 Å². The molecule has 0 spiro atoms. The zero-order chi connectivity index (χ0) is 6.69. The molecule has 0 unspecified atom stereocenters. The summed E-state index contributed by atoms with van der Waals surface area (Å²) in [6, 6.07) is 0. The molecule has 46 valence electrons. The maximum Gasteiger partial charge on any atom is 0.103 e. The van der Waals surface area contributed by atoms with Crippen LogP contribution in [0.2, 0.25) is 0 Å². The second-order valence-corrected chi connectivity index (χ2v) is 1.76. The number of hydrogen-bond donors (Lipinski definition) is 0. The minimum Gasteiger partial charge on any atom is -0.240 e. The van der Waals surface area contributed by atoms with Crippen molar-refractivity contribution < 1.29 is 0 Å². The standard InChI is InChI=1S/C6H7N3/c1-3-4-9-5-6(2)7-8-9/h1,5H,4H2,2H3. The predicted molar refractivity (Wildman–Crippen MR) is 33.6 cm³/mol. The monoisotopic (exact) mass is 121 g/mol. The summed E-state index contributed by atoms with van der Waals surface area (Å²) in [6.45, 7) is 2.38. The molecule has 0 saturated carbocycles. The van der Waals surface area contributed by atoms with Crippen LogP contribution in [0.15, 0.2) is 6.20 Å². The van der Waals surface area contributed by atoms with Gasteiger partial charge in [0.1, 0.15) is 6.54 Å². The van der Waals surface area contributed by atoms with Crippen LogP contribution < -0.4 is 0 Å². The Balaban J connectivity index is 2.76. The maximum atomic E-state index is 5.03. The fourth-order valence-corrected chi connectivity index (χ4v) is 0.566. The number of nitrogens with zero attached hydrogens (tertiary/aromatic N) is 3. The van der Waals surface area contributed by atoms with Gasteiger partial charge in [-0.15, -0.1) is 11.5 Å². The van der Waals surface area contributed by atoms with Crippen molar-refractivity contribution in [3.63, 3.8) is 0 Å².